The Morgan fingerprint density at radius 1 is 0.927 bits per heavy atom. The minimum absolute atomic E-state index is 0.0630. The number of hydrogen-bond donors (Lipinski definition) is 0. The lowest BCUT2D eigenvalue weighted by atomic mass is 9.94. The van der Waals surface area contributed by atoms with Crippen molar-refractivity contribution in [1.82, 2.24) is 0 Å². The zero-order valence-electron chi connectivity index (χ0n) is 23.2. The molecule has 0 radical (unpaired) electrons. The maximum Gasteiger partial charge on any atom is 0.309 e. The number of sulfone groups is 1. The molecule has 3 aliphatic rings. The Morgan fingerprint density at radius 3 is 2.37 bits per heavy atom. The van der Waals surface area contributed by atoms with Crippen molar-refractivity contribution in [1.29, 1.82) is 0 Å². The van der Waals surface area contributed by atoms with Gasteiger partial charge in [0.25, 0.3) is 0 Å². The number of rotatable bonds is 8. The molecule has 1 saturated heterocycles. The molecular weight excluding hydrogens is 543 g/mol. The first-order chi connectivity index (χ1) is 19.8. The smallest absolute Gasteiger partial charge is 0.309 e. The molecule has 6 nitrogen and oxygen atoms in total. The fourth-order valence-electron chi connectivity index (χ4n) is 6.03. The monoisotopic (exact) mass is 578 g/mol. The fraction of sp³-hybridized carbons (Fsp3) is 0.424. The van der Waals surface area contributed by atoms with E-state index in [0.29, 0.717) is 30.8 Å². The van der Waals surface area contributed by atoms with Crippen LogP contribution in [0.4, 0.5) is 4.39 Å². The summed E-state index contributed by atoms with van der Waals surface area (Å²) in [6.45, 7) is 2.31. The van der Waals surface area contributed by atoms with Crippen molar-refractivity contribution in [2.75, 3.05) is 18.1 Å². The van der Waals surface area contributed by atoms with Gasteiger partial charge in [-0.3, -0.25) is 4.79 Å². The summed E-state index contributed by atoms with van der Waals surface area (Å²) in [7, 11) is -2.94. The highest BCUT2D eigenvalue weighted by Crippen LogP contribution is 2.48. The second-order valence-electron chi connectivity index (χ2n) is 11.3. The minimum Gasteiger partial charge on any atom is -0.490 e. The number of aryl methyl sites for hydroxylation is 2. The van der Waals surface area contributed by atoms with Gasteiger partial charge in [-0.05, 0) is 116 Å². The van der Waals surface area contributed by atoms with E-state index < -0.39 is 9.84 Å². The number of carbonyl (C=O) groups excluding carboxylic acids is 1. The van der Waals surface area contributed by atoms with Crippen molar-refractivity contribution in [3.8, 4) is 22.6 Å². The second-order valence-corrected chi connectivity index (χ2v) is 13.6. The molecule has 0 amide bonds. The number of fused-ring (bicyclic) bond motifs is 3. The quantitative estimate of drug-likeness (QED) is 0.297. The van der Waals surface area contributed by atoms with Gasteiger partial charge in [-0.1, -0.05) is 18.2 Å². The lowest BCUT2D eigenvalue weighted by Crippen LogP contribution is -2.30. The first kappa shape index (κ1) is 27.8. The molecular formula is C33H35FO6S. The van der Waals surface area contributed by atoms with Gasteiger partial charge >= 0.3 is 5.97 Å². The highest BCUT2D eigenvalue weighted by Gasteiger charge is 2.45. The molecule has 3 aromatic carbocycles. The molecule has 0 N–H and O–H groups in total. The van der Waals surface area contributed by atoms with Crippen LogP contribution in [0.25, 0.3) is 11.1 Å². The van der Waals surface area contributed by atoms with Crippen molar-refractivity contribution in [3.05, 3.63) is 82.7 Å². The van der Waals surface area contributed by atoms with Crippen LogP contribution in [-0.4, -0.2) is 38.6 Å². The summed E-state index contributed by atoms with van der Waals surface area (Å²) in [4.78, 5) is 12.0. The van der Waals surface area contributed by atoms with Crippen molar-refractivity contribution in [2.45, 2.75) is 64.1 Å². The Morgan fingerprint density at radius 2 is 1.63 bits per heavy atom. The van der Waals surface area contributed by atoms with Gasteiger partial charge in [-0.25, -0.2) is 12.8 Å². The summed E-state index contributed by atoms with van der Waals surface area (Å²) in [6.07, 6.45) is 4.30. The summed E-state index contributed by atoms with van der Waals surface area (Å²) in [5.41, 5.74) is 5.80. The van der Waals surface area contributed by atoms with E-state index in [1.807, 2.05) is 49.4 Å². The third kappa shape index (κ3) is 6.27. The Labute approximate surface area is 240 Å². The Balaban J connectivity index is 1.14. The molecule has 216 valence electrons. The predicted octanol–water partition coefficient (Wildman–Crippen LogP) is 6.18. The zero-order chi connectivity index (χ0) is 28.6. The van der Waals surface area contributed by atoms with E-state index in [4.69, 9.17) is 14.2 Å². The molecule has 0 aromatic heterocycles. The summed E-state index contributed by atoms with van der Waals surface area (Å²) in [5, 5.41) is 0. The molecule has 0 bridgehead atoms. The predicted molar refractivity (Wildman–Crippen MR) is 154 cm³/mol. The first-order valence-corrected chi connectivity index (χ1v) is 16.3. The Bertz CT molecular complexity index is 1530. The highest BCUT2D eigenvalue weighted by molar-refractivity contribution is 7.91. The van der Waals surface area contributed by atoms with Crippen LogP contribution < -0.4 is 9.47 Å². The second kappa shape index (κ2) is 11.5. The van der Waals surface area contributed by atoms with Gasteiger partial charge in [-0.15, -0.1) is 0 Å². The van der Waals surface area contributed by atoms with E-state index in [9.17, 15) is 13.2 Å². The third-order valence-electron chi connectivity index (χ3n) is 8.42. The molecule has 2 aliphatic carbocycles. The van der Waals surface area contributed by atoms with E-state index in [1.165, 1.54) is 0 Å². The normalized spacial score (nSPS) is 21.2. The molecule has 6 rings (SSSR count). The van der Waals surface area contributed by atoms with Gasteiger partial charge < -0.3 is 14.2 Å². The van der Waals surface area contributed by atoms with Gasteiger partial charge in [0.15, 0.2) is 9.84 Å². The summed E-state index contributed by atoms with van der Waals surface area (Å²) >= 11 is 0. The van der Waals surface area contributed by atoms with Crippen molar-refractivity contribution < 1.29 is 31.8 Å². The SMILES string of the molecule is CCOC(=O)[C@H]1CC1c1ccc(OCc2cc3c(cc2F)CCCc2cc(OC4CCS(=O)(=O)CC4)ccc2-3)cc1. The van der Waals surface area contributed by atoms with E-state index >= 15 is 4.39 Å². The number of benzene rings is 3. The van der Waals surface area contributed by atoms with Crippen LogP contribution in [0.2, 0.25) is 0 Å². The molecule has 8 heteroatoms. The first-order valence-electron chi connectivity index (χ1n) is 14.5. The van der Waals surface area contributed by atoms with Crippen LogP contribution in [0.1, 0.15) is 60.8 Å². The number of hydrogen-bond acceptors (Lipinski definition) is 6. The standard InChI is InChI=1S/C33H35FO6S/c1-2-38-33(35)31-19-30(31)21-6-8-25(9-7-21)39-20-24-17-29-23(18-32(24)34)5-3-4-22-16-27(10-11-28(22)29)40-26-12-14-41(36,37)15-13-26/h6-11,16-18,26,30-31H,2-5,12-15,19-20H2,1H3/t30?,31-/m0/s1. The summed E-state index contributed by atoms with van der Waals surface area (Å²) in [6, 6.07) is 17.3. The highest BCUT2D eigenvalue weighted by atomic mass is 32.2. The maximum absolute atomic E-state index is 15.1. The van der Waals surface area contributed by atoms with Gasteiger partial charge in [-0.2, -0.15) is 0 Å². The van der Waals surface area contributed by atoms with Crippen molar-refractivity contribution in [2.24, 2.45) is 5.92 Å². The largest absolute Gasteiger partial charge is 0.490 e. The zero-order valence-corrected chi connectivity index (χ0v) is 24.1. The van der Waals surface area contributed by atoms with Gasteiger partial charge in [0.05, 0.1) is 24.0 Å². The Hall–Kier alpha value is -3.39. The van der Waals surface area contributed by atoms with Crippen LogP contribution in [0.5, 0.6) is 11.5 Å². The van der Waals surface area contributed by atoms with E-state index in [2.05, 4.69) is 6.07 Å². The Kier molecular flexibility index (Phi) is 7.77. The van der Waals surface area contributed by atoms with E-state index in [0.717, 1.165) is 59.3 Å². The van der Waals surface area contributed by atoms with Gasteiger partial charge in [0, 0.05) is 5.56 Å². The molecule has 41 heavy (non-hydrogen) atoms. The lowest BCUT2D eigenvalue weighted by Gasteiger charge is -2.24. The molecule has 0 spiro atoms. The lowest BCUT2D eigenvalue weighted by molar-refractivity contribution is -0.144. The maximum atomic E-state index is 15.1. The van der Waals surface area contributed by atoms with Gasteiger partial charge in [0.2, 0.25) is 0 Å². The molecule has 2 atom stereocenters. The van der Waals surface area contributed by atoms with Crippen molar-refractivity contribution in [3.63, 3.8) is 0 Å². The third-order valence-corrected chi connectivity index (χ3v) is 10.1. The van der Waals surface area contributed by atoms with E-state index in [-0.39, 0.29) is 47.8 Å². The number of carbonyl (C=O) groups is 1. The minimum atomic E-state index is -2.94. The number of esters is 1. The number of halogens is 1. The average molecular weight is 579 g/mol. The van der Waals surface area contributed by atoms with Crippen LogP contribution in [0, 0.1) is 11.7 Å². The molecule has 1 unspecified atom stereocenters. The van der Waals surface area contributed by atoms with Crippen molar-refractivity contribution >= 4 is 15.8 Å². The molecule has 3 aromatic rings. The van der Waals surface area contributed by atoms with E-state index in [1.54, 1.807) is 6.07 Å². The fourth-order valence-corrected chi connectivity index (χ4v) is 7.48. The van der Waals surface area contributed by atoms with Gasteiger partial charge in [0.1, 0.15) is 30.0 Å². The van der Waals surface area contributed by atoms with Crippen LogP contribution in [0.3, 0.4) is 0 Å². The summed E-state index contributed by atoms with van der Waals surface area (Å²) < 4.78 is 55.9. The average Bonchev–Trinajstić information content (AvgIpc) is 3.77. The van der Waals surface area contributed by atoms with Crippen LogP contribution in [-0.2, 0) is 38.8 Å². The molecule has 2 fully saturated rings. The topological polar surface area (TPSA) is 78.9 Å². The molecule has 1 heterocycles. The van der Waals surface area contributed by atoms with Crippen LogP contribution in [0.15, 0.2) is 54.6 Å². The van der Waals surface area contributed by atoms with Crippen LogP contribution >= 0.6 is 0 Å². The molecule has 1 aliphatic heterocycles. The molecule has 1 saturated carbocycles. The number of ether oxygens (including phenoxy) is 3. The summed E-state index contributed by atoms with van der Waals surface area (Å²) in [5.74, 6) is 1.47.